The Morgan fingerprint density at radius 3 is 2.30 bits per heavy atom. The number of para-hydroxylation sites is 2. The van der Waals surface area contributed by atoms with Gasteiger partial charge in [0.05, 0.1) is 36.5 Å². The third-order valence-corrected chi connectivity index (χ3v) is 6.28. The van der Waals surface area contributed by atoms with Crippen LogP contribution in [0.4, 0.5) is 0 Å². The van der Waals surface area contributed by atoms with Crippen LogP contribution in [-0.2, 0) is 14.1 Å². The van der Waals surface area contributed by atoms with Gasteiger partial charge in [-0.1, -0.05) is 18.2 Å². The lowest BCUT2D eigenvalue weighted by Crippen LogP contribution is -2.37. The number of hydrogen-bond acceptors (Lipinski definition) is 6. The highest BCUT2D eigenvalue weighted by molar-refractivity contribution is 5.89. The second-order valence-electron chi connectivity index (χ2n) is 8.51. The molecule has 0 aliphatic carbocycles. The molecule has 3 aromatic heterocycles. The normalized spacial score (nSPS) is 11.3. The summed E-state index contributed by atoms with van der Waals surface area (Å²) >= 11 is 0. The summed E-state index contributed by atoms with van der Waals surface area (Å²) in [4.78, 5) is 29.5. The van der Waals surface area contributed by atoms with Crippen LogP contribution in [0.1, 0.15) is 16.7 Å². The summed E-state index contributed by atoms with van der Waals surface area (Å²) in [5.74, 6) is 1.23. The minimum absolute atomic E-state index is 0.312. The van der Waals surface area contributed by atoms with E-state index < -0.39 is 11.2 Å². The van der Waals surface area contributed by atoms with E-state index in [0.29, 0.717) is 33.8 Å². The van der Waals surface area contributed by atoms with E-state index in [0.717, 1.165) is 26.9 Å². The number of nitrogens with zero attached hydrogens (tertiary/aromatic N) is 5. The van der Waals surface area contributed by atoms with Gasteiger partial charge in [0.25, 0.3) is 5.56 Å². The topological polar surface area (TPSA) is 104 Å². The van der Waals surface area contributed by atoms with E-state index in [1.165, 1.54) is 17.8 Å². The van der Waals surface area contributed by atoms with E-state index >= 15 is 0 Å². The number of rotatable bonds is 5. The van der Waals surface area contributed by atoms with E-state index in [1.807, 2.05) is 46.9 Å². The third kappa shape index (κ3) is 3.94. The Labute approximate surface area is 211 Å². The van der Waals surface area contributed by atoms with Crippen molar-refractivity contribution in [2.24, 2.45) is 14.1 Å². The van der Waals surface area contributed by atoms with Gasteiger partial charge in [-0.3, -0.25) is 13.8 Å². The molecule has 0 spiro atoms. The number of benzene rings is 2. The van der Waals surface area contributed by atoms with Crippen LogP contribution in [-0.4, -0.2) is 32.7 Å². The number of aromatic nitrogens is 4. The monoisotopic (exact) mass is 493 g/mol. The fourth-order valence-electron chi connectivity index (χ4n) is 4.39. The van der Waals surface area contributed by atoms with Gasteiger partial charge >= 0.3 is 5.69 Å². The maximum atomic E-state index is 12.7. The Balaban J connectivity index is 1.84. The Kier molecular flexibility index (Phi) is 5.85. The van der Waals surface area contributed by atoms with Gasteiger partial charge in [0.15, 0.2) is 5.65 Å². The molecule has 9 nitrogen and oxygen atoms in total. The highest BCUT2D eigenvalue weighted by Crippen LogP contribution is 2.34. The van der Waals surface area contributed by atoms with Gasteiger partial charge in [-0.15, -0.1) is 0 Å². The Morgan fingerprint density at radius 2 is 1.62 bits per heavy atom. The summed E-state index contributed by atoms with van der Waals surface area (Å²) in [5.41, 5.74) is 4.00. The van der Waals surface area contributed by atoms with Crippen LogP contribution in [0.25, 0.3) is 40.1 Å². The first-order chi connectivity index (χ1) is 17.9. The average Bonchev–Trinajstić information content (AvgIpc) is 3.31. The fraction of sp³-hybridized carbons (Fsp3) is 0.143. The molecule has 0 N–H and O–H groups in total. The number of fused-ring (bicyclic) bond motifs is 3. The van der Waals surface area contributed by atoms with Crippen molar-refractivity contribution in [3.8, 4) is 28.8 Å². The largest absolute Gasteiger partial charge is 0.497 e. The Bertz CT molecular complexity index is 1860. The first-order valence-corrected chi connectivity index (χ1v) is 11.4. The van der Waals surface area contributed by atoms with Gasteiger partial charge in [-0.25, -0.2) is 9.78 Å². The summed E-state index contributed by atoms with van der Waals surface area (Å²) in [6.07, 6.45) is 4.77. The maximum Gasteiger partial charge on any atom is 0.330 e. The van der Waals surface area contributed by atoms with Crippen molar-refractivity contribution in [1.29, 1.82) is 5.26 Å². The van der Waals surface area contributed by atoms with Crippen LogP contribution in [0.5, 0.6) is 11.5 Å². The quantitative estimate of drug-likeness (QED) is 0.371. The lowest BCUT2D eigenvalue weighted by molar-refractivity contribution is 0.394. The van der Waals surface area contributed by atoms with Gasteiger partial charge in [-0.05, 0) is 42.0 Å². The van der Waals surface area contributed by atoms with E-state index in [-0.39, 0.29) is 0 Å². The molecular weight excluding hydrogens is 470 g/mol. The number of ether oxygens (including phenoxy) is 2. The van der Waals surface area contributed by atoms with Crippen molar-refractivity contribution in [3.63, 3.8) is 0 Å². The van der Waals surface area contributed by atoms with Crippen LogP contribution < -0.4 is 20.7 Å². The predicted octanol–water partition coefficient (Wildman–Crippen LogP) is 3.61. The molecular formula is C28H23N5O4. The summed E-state index contributed by atoms with van der Waals surface area (Å²) in [6, 6.07) is 17.4. The molecule has 3 heterocycles. The van der Waals surface area contributed by atoms with Crippen molar-refractivity contribution >= 4 is 28.8 Å². The van der Waals surface area contributed by atoms with Gasteiger partial charge in [0.1, 0.15) is 23.1 Å². The average molecular weight is 494 g/mol. The molecule has 0 saturated heterocycles. The second kappa shape index (κ2) is 9.17. The summed E-state index contributed by atoms with van der Waals surface area (Å²) in [5, 5.41) is 10.2. The van der Waals surface area contributed by atoms with Gasteiger partial charge in [-0.2, -0.15) is 5.26 Å². The molecule has 0 atom stereocenters. The number of aryl methyl sites for hydroxylation is 1. The zero-order chi connectivity index (χ0) is 26.3. The van der Waals surface area contributed by atoms with Crippen molar-refractivity contribution in [2.75, 3.05) is 14.2 Å². The predicted molar refractivity (Wildman–Crippen MR) is 142 cm³/mol. The van der Waals surface area contributed by atoms with Crippen LogP contribution in [0.3, 0.4) is 0 Å². The number of methoxy groups -OCH3 is 2. The number of pyridine rings is 1. The van der Waals surface area contributed by atoms with Gasteiger partial charge < -0.3 is 14.0 Å². The molecule has 0 aliphatic rings. The van der Waals surface area contributed by atoms with Gasteiger partial charge in [0.2, 0.25) is 0 Å². The standard InChI is InChI=1S/C28H23N5O4/c1-31-16-18(27(34)32(2)28(31)35)10-9-17-13-25(19-11-20(36-3)14-21(12-19)37-4)33-24-8-6-5-7-23(24)30-26(33)22(17)15-29/h5-14,16H,1-4H3/b10-9+. The fourth-order valence-corrected chi connectivity index (χ4v) is 4.39. The molecule has 0 bridgehead atoms. The molecule has 5 aromatic rings. The molecule has 184 valence electrons. The molecule has 0 aliphatic heterocycles. The van der Waals surface area contributed by atoms with Crippen molar-refractivity contribution in [2.45, 2.75) is 0 Å². The highest BCUT2D eigenvalue weighted by Gasteiger charge is 2.18. The Hall–Kier alpha value is -5.10. The lowest BCUT2D eigenvalue weighted by Gasteiger charge is -2.13. The van der Waals surface area contributed by atoms with Crippen LogP contribution in [0.2, 0.25) is 0 Å². The first kappa shape index (κ1) is 23.6. The van der Waals surface area contributed by atoms with E-state index in [2.05, 4.69) is 6.07 Å². The number of hydrogen-bond donors (Lipinski definition) is 0. The molecule has 0 amide bonds. The summed E-state index contributed by atoms with van der Waals surface area (Å²) < 4.78 is 15.3. The van der Waals surface area contributed by atoms with Crippen LogP contribution in [0.15, 0.2) is 64.3 Å². The minimum atomic E-state index is -0.428. The molecule has 37 heavy (non-hydrogen) atoms. The van der Waals surface area contributed by atoms with Crippen LogP contribution in [0, 0.1) is 11.3 Å². The van der Waals surface area contributed by atoms with Crippen molar-refractivity contribution in [3.05, 3.63) is 92.3 Å². The van der Waals surface area contributed by atoms with E-state index in [4.69, 9.17) is 14.5 Å². The Morgan fingerprint density at radius 1 is 0.946 bits per heavy atom. The number of nitriles is 1. The van der Waals surface area contributed by atoms with E-state index in [1.54, 1.807) is 39.5 Å². The zero-order valence-electron chi connectivity index (χ0n) is 20.7. The van der Waals surface area contributed by atoms with Gasteiger partial charge in [0, 0.05) is 31.9 Å². The summed E-state index contributed by atoms with van der Waals surface area (Å²) in [6.45, 7) is 0. The lowest BCUT2D eigenvalue weighted by atomic mass is 10.0. The second-order valence-corrected chi connectivity index (χ2v) is 8.51. The summed E-state index contributed by atoms with van der Waals surface area (Å²) in [7, 11) is 6.18. The smallest absolute Gasteiger partial charge is 0.330 e. The van der Waals surface area contributed by atoms with Crippen LogP contribution >= 0.6 is 0 Å². The first-order valence-electron chi connectivity index (χ1n) is 11.4. The maximum absolute atomic E-state index is 12.7. The highest BCUT2D eigenvalue weighted by atomic mass is 16.5. The molecule has 0 radical (unpaired) electrons. The zero-order valence-corrected chi connectivity index (χ0v) is 20.7. The minimum Gasteiger partial charge on any atom is -0.497 e. The van der Waals surface area contributed by atoms with E-state index in [9.17, 15) is 14.9 Å². The van der Waals surface area contributed by atoms with Crippen molar-refractivity contribution < 1.29 is 9.47 Å². The van der Waals surface area contributed by atoms with Crippen molar-refractivity contribution in [1.82, 2.24) is 18.5 Å². The molecule has 0 unspecified atom stereocenters. The SMILES string of the molecule is COc1cc(OC)cc(-c2cc(/C=C/c3cn(C)c(=O)n(C)c3=O)c(C#N)c3nc4ccccc4n23)c1. The molecule has 9 heteroatoms. The molecule has 0 fully saturated rings. The number of imidazole rings is 1. The third-order valence-electron chi connectivity index (χ3n) is 6.28. The molecule has 2 aromatic carbocycles. The molecule has 0 saturated carbocycles. The molecule has 5 rings (SSSR count).